The predicted octanol–water partition coefficient (Wildman–Crippen LogP) is 2.69. The number of carbonyl (C=O) groups is 1. The summed E-state index contributed by atoms with van der Waals surface area (Å²) in [5.74, 6) is -0.491. The number of hydrogen-bond acceptors (Lipinski definition) is 3. The van der Waals surface area contributed by atoms with Gasteiger partial charge in [-0.3, -0.25) is 0 Å². The fourth-order valence-electron chi connectivity index (χ4n) is 1.75. The fourth-order valence-corrected chi connectivity index (χ4v) is 1.75. The lowest BCUT2D eigenvalue weighted by molar-refractivity contribution is 0.0599. The van der Waals surface area contributed by atoms with E-state index < -0.39 is 18.7 Å². The summed E-state index contributed by atoms with van der Waals surface area (Å²) in [6.45, 7) is 2.84. The van der Waals surface area contributed by atoms with Gasteiger partial charge in [-0.2, -0.15) is 0 Å². The van der Waals surface area contributed by atoms with Gasteiger partial charge in [0.05, 0.1) is 18.8 Å². The molecule has 1 unspecified atom stereocenters. The van der Waals surface area contributed by atoms with Gasteiger partial charge in [-0.05, 0) is 36.1 Å². The molecule has 0 radical (unpaired) electrons. The van der Waals surface area contributed by atoms with Crippen LogP contribution in [0.5, 0.6) is 0 Å². The summed E-state index contributed by atoms with van der Waals surface area (Å²) in [6.07, 6.45) is -0.199. The normalized spacial score (nSPS) is 12.3. The molecule has 17 heavy (non-hydrogen) atoms. The first-order chi connectivity index (χ1) is 8.04. The Bertz CT molecular complexity index is 415. The number of benzene rings is 1. The van der Waals surface area contributed by atoms with Crippen molar-refractivity contribution in [2.75, 3.05) is 7.11 Å². The molecule has 4 heteroatoms. The molecule has 0 bridgehead atoms. The van der Waals surface area contributed by atoms with Gasteiger partial charge >= 0.3 is 5.97 Å². The van der Waals surface area contributed by atoms with Gasteiger partial charge in [-0.15, -0.1) is 0 Å². The average molecular weight is 240 g/mol. The molecular formula is C13H17FO3. The smallest absolute Gasteiger partial charge is 0.338 e. The zero-order valence-electron chi connectivity index (χ0n) is 10.3. The van der Waals surface area contributed by atoms with E-state index in [0.29, 0.717) is 28.7 Å². The number of ether oxygens (including phenoxy) is 1. The molecule has 1 rings (SSSR count). The number of aliphatic hydroxyl groups excluding tert-OH is 1. The van der Waals surface area contributed by atoms with Crippen molar-refractivity contribution >= 4 is 5.97 Å². The van der Waals surface area contributed by atoms with Crippen molar-refractivity contribution in [1.82, 2.24) is 0 Å². The van der Waals surface area contributed by atoms with Crippen LogP contribution in [0.15, 0.2) is 12.1 Å². The van der Waals surface area contributed by atoms with Gasteiger partial charge in [0.25, 0.3) is 0 Å². The van der Waals surface area contributed by atoms with E-state index in [9.17, 15) is 14.3 Å². The van der Waals surface area contributed by atoms with E-state index >= 15 is 0 Å². The number of esters is 1. The third-order valence-corrected chi connectivity index (χ3v) is 2.78. The number of aliphatic hydroxyl groups is 1. The van der Waals surface area contributed by atoms with Crippen molar-refractivity contribution < 1.29 is 19.0 Å². The van der Waals surface area contributed by atoms with Crippen molar-refractivity contribution in [2.24, 2.45) is 0 Å². The molecule has 0 spiro atoms. The second-order valence-electron chi connectivity index (χ2n) is 3.92. The molecule has 0 aliphatic heterocycles. The minimum Gasteiger partial charge on any atom is -0.465 e. The SMILES string of the molecule is CCC(O)c1cc(C)c(C(=O)OC)cc1CF. The Morgan fingerprint density at radius 1 is 1.53 bits per heavy atom. The molecule has 0 saturated carbocycles. The summed E-state index contributed by atoms with van der Waals surface area (Å²) in [4.78, 5) is 11.4. The van der Waals surface area contributed by atoms with Crippen LogP contribution in [-0.2, 0) is 11.4 Å². The van der Waals surface area contributed by atoms with E-state index in [1.165, 1.54) is 13.2 Å². The van der Waals surface area contributed by atoms with Gasteiger partial charge < -0.3 is 9.84 Å². The van der Waals surface area contributed by atoms with Gasteiger partial charge in [0.1, 0.15) is 6.67 Å². The molecule has 0 aliphatic carbocycles. The average Bonchev–Trinajstić information content (AvgIpc) is 2.36. The highest BCUT2D eigenvalue weighted by molar-refractivity contribution is 5.91. The van der Waals surface area contributed by atoms with Crippen molar-refractivity contribution in [3.63, 3.8) is 0 Å². The second kappa shape index (κ2) is 5.77. The van der Waals surface area contributed by atoms with E-state index in [0.717, 1.165) is 0 Å². The summed E-state index contributed by atoms with van der Waals surface area (Å²) >= 11 is 0. The standard InChI is InChI=1S/C13H17FO3/c1-4-12(15)11-5-8(2)10(13(16)17-3)6-9(11)7-14/h5-6,12,15H,4,7H2,1-3H3. The highest BCUT2D eigenvalue weighted by Crippen LogP contribution is 2.25. The van der Waals surface area contributed by atoms with Crippen molar-refractivity contribution in [1.29, 1.82) is 0 Å². The Kier molecular flexibility index (Phi) is 4.63. The molecule has 3 nitrogen and oxygen atoms in total. The van der Waals surface area contributed by atoms with Crippen LogP contribution in [0.3, 0.4) is 0 Å². The lowest BCUT2D eigenvalue weighted by Gasteiger charge is -2.15. The molecule has 1 aromatic rings. The summed E-state index contributed by atoms with van der Waals surface area (Å²) in [7, 11) is 1.28. The number of methoxy groups -OCH3 is 1. The summed E-state index contributed by atoms with van der Waals surface area (Å²) < 4.78 is 17.5. The minimum atomic E-state index is -0.712. The van der Waals surface area contributed by atoms with E-state index in [4.69, 9.17) is 0 Å². The Morgan fingerprint density at radius 3 is 2.65 bits per heavy atom. The molecule has 0 saturated heterocycles. The molecule has 1 N–H and O–H groups in total. The van der Waals surface area contributed by atoms with Gasteiger partial charge in [0, 0.05) is 0 Å². The highest BCUT2D eigenvalue weighted by atomic mass is 19.1. The maximum atomic E-state index is 12.9. The first kappa shape index (κ1) is 13.6. The number of carbonyl (C=O) groups excluding carboxylic acids is 1. The van der Waals surface area contributed by atoms with Crippen molar-refractivity contribution in [3.05, 3.63) is 34.4 Å². The number of rotatable bonds is 4. The van der Waals surface area contributed by atoms with Gasteiger partial charge in [-0.25, -0.2) is 9.18 Å². The van der Waals surface area contributed by atoms with E-state index in [1.54, 1.807) is 13.0 Å². The Hall–Kier alpha value is -1.42. The number of hydrogen-bond donors (Lipinski definition) is 1. The lowest BCUT2D eigenvalue weighted by atomic mass is 9.95. The van der Waals surface area contributed by atoms with E-state index in [2.05, 4.69) is 4.74 Å². The number of aryl methyl sites for hydroxylation is 1. The van der Waals surface area contributed by atoms with Crippen LogP contribution in [0, 0.1) is 6.92 Å². The maximum Gasteiger partial charge on any atom is 0.338 e. The largest absolute Gasteiger partial charge is 0.465 e. The quantitative estimate of drug-likeness (QED) is 0.823. The summed E-state index contributed by atoms with van der Waals surface area (Å²) in [5.41, 5.74) is 1.90. The highest BCUT2D eigenvalue weighted by Gasteiger charge is 2.17. The topological polar surface area (TPSA) is 46.5 Å². The van der Waals surface area contributed by atoms with Crippen LogP contribution < -0.4 is 0 Å². The van der Waals surface area contributed by atoms with Crippen LogP contribution in [0.2, 0.25) is 0 Å². The van der Waals surface area contributed by atoms with E-state index in [1.807, 2.05) is 6.92 Å². The van der Waals surface area contributed by atoms with Gasteiger partial charge in [-0.1, -0.05) is 13.0 Å². The molecule has 0 aliphatic rings. The summed E-state index contributed by atoms with van der Waals surface area (Å²) in [5, 5.41) is 9.77. The molecule has 0 fully saturated rings. The molecule has 0 heterocycles. The van der Waals surface area contributed by atoms with Crippen LogP contribution in [0.4, 0.5) is 4.39 Å². The maximum absolute atomic E-state index is 12.9. The molecule has 1 atom stereocenters. The zero-order valence-corrected chi connectivity index (χ0v) is 10.3. The monoisotopic (exact) mass is 240 g/mol. The number of alkyl halides is 1. The van der Waals surface area contributed by atoms with Crippen LogP contribution in [0.1, 0.15) is 46.5 Å². The molecule has 0 aromatic heterocycles. The molecule has 0 amide bonds. The fraction of sp³-hybridized carbons (Fsp3) is 0.462. The van der Waals surface area contributed by atoms with Crippen molar-refractivity contribution in [3.8, 4) is 0 Å². The first-order valence-corrected chi connectivity index (χ1v) is 5.50. The molecular weight excluding hydrogens is 223 g/mol. The Balaban J connectivity index is 3.29. The predicted molar refractivity (Wildman–Crippen MR) is 62.6 cm³/mol. The molecule has 94 valence electrons. The van der Waals surface area contributed by atoms with E-state index in [-0.39, 0.29) is 0 Å². The Morgan fingerprint density at radius 2 is 2.18 bits per heavy atom. The molecule has 1 aromatic carbocycles. The second-order valence-corrected chi connectivity index (χ2v) is 3.92. The van der Waals surface area contributed by atoms with Crippen LogP contribution in [-0.4, -0.2) is 18.2 Å². The Labute approximate surface area is 100 Å². The number of halogens is 1. The van der Waals surface area contributed by atoms with Gasteiger partial charge in [0.2, 0.25) is 0 Å². The first-order valence-electron chi connectivity index (χ1n) is 5.50. The third kappa shape index (κ3) is 2.82. The summed E-state index contributed by atoms with van der Waals surface area (Å²) in [6, 6.07) is 3.10. The lowest BCUT2D eigenvalue weighted by Crippen LogP contribution is -2.08. The third-order valence-electron chi connectivity index (χ3n) is 2.78. The van der Waals surface area contributed by atoms with Crippen molar-refractivity contribution in [2.45, 2.75) is 33.0 Å². The van der Waals surface area contributed by atoms with Gasteiger partial charge in [0.15, 0.2) is 0 Å². The van der Waals surface area contributed by atoms with Crippen LogP contribution in [0.25, 0.3) is 0 Å². The minimum absolute atomic E-state index is 0.338. The van der Waals surface area contributed by atoms with Crippen LogP contribution >= 0.6 is 0 Å². The zero-order chi connectivity index (χ0) is 13.0.